The van der Waals surface area contributed by atoms with Gasteiger partial charge in [-0.25, -0.2) is 4.79 Å². The zero-order valence-corrected chi connectivity index (χ0v) is 9.36. The zero-order chi connectivity index (χ0) is 12.2. The van der Waals surface area contributed by atoms with E-state index in [1.807, 2.05) is 0 Å². The molecule has 0 aliphatic carbocycles. The van der Waals surface area contributed by atoms with E-state index in [1.54, 1.807) is 6.07 Å². The first-order chi connectivity index (χ1) is 7.43. The molecule has 6 heteroatoms. The molecule has 0 saturated heterocycles. The van der Waals surface area contributed by atoms with Gasteiger partial charge in [0.1, 0.15) is 0 Å². The monoisotopic (exact) mass is 242 g/mol. The Morgan fingerprint density at radius 1 is 1.25 bits per heavy atom. The van der Waals surface area contributed by atoms with Crippen molar-refractivity contribution in [3.63, 3.8) is 0 Å². The number of carbonyl (C=O) groups excluding carboxylic acids is 1. The molecule has 1 rings (SSSR count). The number of carbonyl (C=O) groups is 1. The van der Waals surface area contributed by atoms with E-state index in [-0.39, 0.29) is 10.5 Å². The van der Waals surface area contributed by atoms with Crippen molar-refractivity contribution in [3.8, 4) is 0 Å². The Kier molecular flexibility index (Phi) is 3.81. The van der Waals surface area contributed by atoms with Gasteiger partial charge >= 0.3 is 16.1 Å². The average molecular weight is 242 g/mol. The highest BCUT2D eigenvalue weighted by Crippen LogP contribution is 2.12. The van der Waals surface area contributed by atoms with Gasteiger partial charge in [-0.2, -0.15) is 8.42 Å². The van der Waals surface area contributed by atoms with E-state index in [0.29, 0.717) is 0 Å². The van der Waals surface area contributed by atoms with Gasteiger partial charge < -0.3 is 0 Å². The van der Waals surface area contributed by atoms with E-state index >= 15 is 0 Å². The molecule has 0 radical (unpaired) electrons. The van der Waals surface area contributed by atoms with Crippen molar-refractivity contribution in [3.05, 3.63) is 42.5 Å². The fraction of sp³-hybridized carbons (Fsp3) is 0.100. The Morgan fingerprint density at radius 3 is 2.31 bits per heavy atom. The van der Waals surface area contributed by atoms with E-state index in [4.69, 9.17) is 0 Å². The van der Waals surface area contributed by atoms with Crippen LogP contribution in [0.4, 0.5) is 0 Å². The van der Waals surface area contributed by atoms with Gasteiger partial charge in [0.25, 0.3) is 0 Å². The Bertz CT molecular complexity index is 489. The topological polar surface area (TPSA) is 69.7 Å². The van der Waals surface area contributed by atoms with Crippen LogP contribution in [0.1, 0.15) is 6.92 Å². The standard InChI is InChI=1S/C10H10O5S/c1-8(2)10(11)14-15-16(12,13)9-6-4-3-5-7-9/h3-7H,1H2,2H3. The lowest BCUT2D eigenvalue weighted by Gasteiger charge is -2.03. The van der Waals surface area contributed by atoms with Crippen LogP contribution in [0.5, 0.6) is 0 Å². The summed E-state index contributed by atoms with van der Waals surface area (Å²) in [5.41, 5.74) is 0.0447. The summed E-state index contributed by atoms with van der Waals surface area (Å²) in [5, 5.41) is 0. The molecule has 0 amide bonds. The summed E-state index contributed by atoms with van der Waals surface area (Å²) in [6, 6.07) is 7.35. The molecule has 0 aliphatic rings. The third kappa shape index (κ3) is 3.18. The van der Waals surface area contributed by atoms with Crippen LogP contribution in [-0.4, -0.2) is 14.4 Å². The van der Waals surface area contributed by atoms with Gasteiger partial charge in [-0.1, -0.05) is 24.8 Å². The maximum absolute atomic E-state index is 11.4. The summed E-state index contributed by atoms with van der Waals surface area (Å²) < 4.78 is 27.0. The molecular weight excluding hydrogens is 232 g/mol. The fourth-order valence-electron chi connectivity index (χ4n) is 0.773. The second-order valence-electron chi connectivity index (χ2n) is 2.99. The highest BCUT2D eigenvalue weighted by molar-refractivity contribution is 7.86. The summed E-state index contributed by atoms with van der Waals surface area (Å²) in [5.74, 6) is -0.931. The molecule has 0 atom stereocenters. The molecule has 0 bridgehead atoms. The predicted octanol–water partition coefficient (Wildman–Crippen LogP) is 1.43. The summed E-state index contributed by atoms with van der Waals surface area (Å²) in [6.07, 6.45) is 0. The Hall–Kier alpha value is -1.66. The van der Waals surface area contributed by atoms with Crippen molar-refractivity contribution in [1.82, 2.24) is 0 Å². The number of benzene rings is 1. The van der Waals surface area contributed by atoms with Gasteiger partial charge in [0.2, 0.25) is 0 Å². The van der Waals surface area contributed by atoms with Crippen LogP contribution in [0.25, 0.3) is 0 Å². The molecule has 16 heavy (non-hydrogen) atoms. The average Bonchev–Trinajstić information content (AvgIpc) is 2.27. The Labute approximate surface area is 93.4 Å². The summed E-state index contributed by atoms with van der Waals surface area (Å²) in [7, 11) is -4.07. The number of rotatable bonds is 4. The summed E-state index contributed by atoms with van der Waals surface area (Å²) >= 11 is 0. The molecule has 0 N–H and O–H groups in total. The minimum Gasteiger partial charge on any atom is -0.276 e. The summed E-state index contributed by atoms with van der Waals surface area (Å²) in [6.45, 7) is 4.65. The second-order valence-corrected chi connectivity index (χ2v) is 4.50. The van der Waals surface area contributed by atoms with Crippen LogP contribution in [-0.2, 0) is 24.1 Å². The zero-order valence-electron chi connectivity index (χ0n) is 8.54. The summed E-state index contributed by atoms with van der Waals surface area (Å²) in [4.78, 5) is 14.9. The predicted molar refractivity (Wildman–Crippen MR) is 55.6 cm³/mol. The molecule has 1 aromatic rings. The van der Waals surface area contributed by atoms with E-state index in [0.717, 1.165) is 0 Å². The normalized spacial score (nSPS) is 10.8. The quantitative estimate of drug-likeness (QED) is 0.454. The van der Waals surface area contributed by atoms with Crippen molar-refractivity contribution in [2.75, 3.05) is 0 Å². The SMILES string of the molecule is C=C(C)C(=O)OOS(=O)(=O)c1ccccc1. The van der Waals surface area contributed by atoms with Crippen molar-refractivity contribution >= 4 is 16.1 Å². The molecule has 0 aliphatic heterocycles. The Balaban J connectivity index is 2.75. The lowest BCUT2D eigenvalue weighted by atomic mass is 10.4. The number of hydrogen-bond donors (Lipinski definition) is 0. The minimum atomic E-state index is -4.07. The molecule has 0 saturated carbocycles. The molecular formula is C10H10O5S. The molecule has 0 aromatic heterocycles. The smallest absolute Gasteiger partial charge is 0.276 e. The molecule has 0 unspecified atom stereocenters. The molecule has 5 nitrogen and oxygen atoms in total. The molecule has 86 valence electrons. The first-order valence-electron chi connectivity index (χ1n) is 4.29. The van der Waals surface area contributed by atoms with E-state index in [1.165, 1.54) is 31.2 Å². The molecule has 0 spiro atoms. The van der Waals surface area contributed by atoms with Crippen molar-refractivity contribution < 1.29 is 22.4 Å². The van der Waals surface area contributed by atoms with Crippen LogP contribution >= 0.6 is 0 Å². The van der Waals surface area contributed by atoms with Crippen LogP contribution in [0.3, 0.4) is 0 Å². The van der Waals surface area contributed by atoms with E-state index in [2.05, 4.69) is 15.8 Å². The first kappa shape index (κ1) is 12.4. The van der Waals surface area contributed by atoms with Gasteiger partial charge in [-0.15, -0.1) is 0 Å². The first-order valence-corrected chi connectivity index (χ1v) is 5.70. The van der Waals surface area contributed by atoms with Crippen LogP contribution in [0.2, 0.25) is 0 Å². The maximum atomic E-state index is 11.4. The second kappa shape index (κ2) is 4.91. The van der Waals surface area contributed by atoms with E-state index < -0.39 is 16.1 Å². The fourth-order valence-corrected chi connectivity index (χ4v) is 1.49. The van der Waals surface area contributed by atoms with Crippen LogP contribution in [0, 0.1) is 0 Å². The van der Waals surface area contributed by atoms with Gasteiger partial charge in [0, 0.05) is 5.57 Å². The van der Waals surface area contributed by atoms with Gasteiger partial charge in [-0.05, 0) is 23.4 Å². The molecule has 1 aromatic carbocycles. The van der Waals surface area contributed by atoms with E-state index in [9.17, 15) is 13.2 Å². The lowest BCUT2D eigenvalue weighted by molar-refractivity contribution is -0.205. The third-order valence-electron chi connectivity index (χ3n) is 1.58. The number of hydrogen-bond acceptors (Lipinski definition) is 5. The van der Waals surface area contributed by atoms with Crippen molar-refractivity contribution in [2.24, 2.45) is 0 Å². The highest BCUT2D eigenvalue weighted by Gasteiger charge is 2.18. The maximum Gasteiger partial charge on any atom is 0.369 e. The lowest BCUT2D eigenvalue weighted by Crippen LogP contribution is -2.12. The Morgan fingerprint density at radius 2 is 1.81 bits per heavy atom. The molecule has 0 heterocycles. The van der Waals surface area contributed by atoms with Gasteiger partial charge in [0.05, 0.1) is 4.90 Å². The third-order valence-corrected chi connectivity index (χ3v) is 2.68. The van der Waals surface area contributed by atoms with Crippen molar-refractivity contribution in [2.45, 2.75) is 11.8 Å². The van der Waals surface area contributed by atoms with Crippen molar-refractivity contribution in [1.29, 1.82) is 0 Å². The largest absolute Gasteiger partial charge is 0.369 e. The molecule has 0 fully saturated rings. The van der Waals surface area contributed by atoms with Crippen LogP contribution in [0.15, 0.2) is 47.4 Å². The minimum absolute atomic E-state index is 0.0447. The van der Waals surface area contributed by atoms with Gasteiger partial charge in [-0.3, -0.25) is 4.89 Å². The highest BCUT2D eigenvalue weighted by atomic mass is 32.2. The van der Waals surface area contributed by atoms with Gasteiger partial charge in [0.15, 0.2) is 0 Å². The van der Waals surface area contributed by atoms with Crippen LogP contribution < -0.4 is 0 Å².